The number of aromatic amines is 1. The maximum atomic E-state index is 11.0. The zero-order chi connectivity index (χ0) is 10.8. The first-order valence-electron chi connectivity index (χ1n) is 4.45. The highest BCUT2D eigenvalue weighted by atomic mass is 35.5. The Kier molecular flexibility index (Phi) is 2.51. The number of anilines is 1. The van der Waals surface area contributed by atoms with Gasteiger partial charge in [0, 0.05) is 11.1 Å². The van der Waals surface area contributed by atoms with Crippen LogP contribution in [0.3, 0.4) is 0 Å². The second-order valence-corrected chi connectivity index (χ2v) is 3.63. The first-order valence-corrected chi connectivity index (χ1v) is 4.83. The van der Waals surface area contributed by atoms with Crippen molar-refractivity contribution in [3.8, 4) is 0 Å². The van der Waals surface area contributed by atoms with Crippen molar-refractivity contribution in [1.29, 1.82) is 0 Å². The normalized spacial score (nSPS) is 10.5. The molecule has 0 fully saturated rings. The van der Waals surface area contributed by atoms with E-state index in [1.807, 2.05) is 18.2 Å². The molecule has 0 unspecified atom stereocenters. The number of halogens is 1. The number of aromatic nitrogens is 2. The zero-order valence-corrected chi connectivity index (χ0v) is 8.66. The van der Waals surface area contributed by atoms with E-state index in [-0.39, 0.29) is 5.56 Å². The summed E-state index contributed by atoms with van der Waals surface area (Å²) in [6, 6.07) is 8.78. The molecule has 0 saturated heterocycles. The van der Waals surface area contributed by atoms with Crippen LogP contribution in [0.15, 0.2) is 35.1 Å². The van der Waals surface area contributed by atoms with E-state index in [2.05, 4.69) is 5.10 Å². The molecule has 0 aliphatic heterocycles. The fourth-order valence-electron chi connectivity index (χ4n) is 1.37. The molecule has 78 valence electrons. The quantitative estimate of drug-likeness (QED) is 0.810. The molecule has 0 amide bonds. The largest absolute Gasteiger partial charge is 0.384 e. The van der Waals surface area contributed by atoms with Gasteiger partial charge in [0.25, 0.3) is 5.56 Å². The summed E-state index contributed by atoms with van der Waals surface area (Å²) in [5.41, 5.74) is 6.33. The standard InChI is InChI=1S/C10H10ClN3O/c11-8-4-2-1-3-7(8)6-14-9(12)5-10(15)13-14/h1-5H,6,12H2,(H,13,15). The molecule has 15 heavy (non-hydrogen) atoms. The number of hydrogen-bond donors (Lipinski definition) is 2. The summed E-state index contributed by atoms with van der Waals surface area (Å²) in [6.45, 7) is 0.466. The Morgan fingerprint density at radius 3 is 2.73 bits per heavy atom. The second-order valence-electron chi connectivity index (χ2n) is 3.22. The number of nitrogens with two attached hydrogens (primary N) is 1. The average Bonchev–Trinajstić information content (AvgIpc) is 2.49. The van der Waals surface area contributed by atoms with Crippen molar-refractivity contribution in [2.24, 2.45) is 0 Å². The third-order valence-corrected chi connectivity index (χ3v) is 2.49. The summed E-state index contributed by atoms with van der Waals surface area (Å²) >= 11 is 5.99. The van der Waals surface area contributed by atoms with E-state index < -0.39 is 0 Å². The van der Waals surface area contributed by atoms with Gasteiger partial charge in [0.2, 0.25) is 0 Å². The lowest BCUT2D eigenvalue weighted by atomic mass is 10.2. The van der Waals surface area contributed by atoms with Gasteiger partial charge < -0.3 is 5.73 Å². The maximum Gasteiger partial charge on any atom is 0.266 e. The average molecular weight is 224 g/mol. The summed E-state index contributed by atoms with van der Waals surface area (Å²) < 4.78 is 1.56. The molecule has 2 rings (SSSR count). The first-order chi connectivity index (χ1) is 7.16. The Morgan fingerprint density at radius 2 is 2.13 bits per heavy atom. The van der Waals surface area contributed by atoms with Crippen LogP contribution in [-0.2, 0) is 6.54 Å². The van der Waals surface area contributed by atoms with Crippen molar-refractivity contribution >= 4 is 17.4 Å². The molecular formula is C10H10ClN3O. The third kappa shape index (κ3) is 2.05. The van der Waals surface area contributed by atoms with Crippen LogP contribution in [-0.4, -0.2) is 9.78 Å². The molecular weight excluding hydrogens is 214 g/mol. The molecule has 2 aromatic rings. The molecule has 5 heteroatoms. The van der Waals surface area contributed by atoms with Gasteiger partial charge >= 0.3 is 0 Å². The Labute approximate surface area is 91.3 Å². The number of nitrogen functional groups attached to an aromatic ring is 1. The van der Waals surface area contributed by atoms with Gasteiger partial charge in [-0.3, -0.25) is 14.6 Å². The summed E-state index contributed by atoms with van der Waals surface area (Å²) in [4.78, 5) is 11.0. The fraction of sp³-hybridized carbons (Fsp3) is 0.100. The Bertz CT molecular complexity index is 529. The van der Waals surface area contributed by atoms with Gasteiger partial charge in [-0.1, -0.05) is 29.8 Å². The number of nitrogens with zero attached hydrogens (tertiary/aromatic N) is 1. The molecule has 0 saturated carbocycles. The number of nitrogens with one attached hydrogen (secondary N) is 1. The van der Waals surface area contributed by atoms with Crippen LogP contribution in [0, 0.1) is 0 Å². The van der Waals surface area contributed by atoms with Crippen molar-refractivity contribution < 1.29 is 0 Å². The Balaban J connectivity index is 2.33. The summed E-state index contributed by atoms with van der Waals surface area (Å²) in [5, 5.41) is 3.26. The lowest BCUT2D eigenvalue weighted by Crippen LogP contribution is -2.08. The van der Waals surface area contributed by atoms with E-state index in [4.69, 9.17) is 17.3 Å². The third-order valence-electron chi connectivity index (χ3n) is 2.12. The van der Waals surface area contributed by atoms with Crippen LogP contribution in [0.25, 0.3) is 0 Å². The molecule has 4 nitrogen and oxygen atoms in total. The van der Waals surface area contributed by atoms with Crippen molar-refractivity contribution in [3.05, 3.63) is 51.3 Å². The van der Waals surface area contributed by atoms with Gasteiger partial charge in [0.05, 0.1) is 6.54 Å². The van der Waals surface area contributed by atoms with Crippen LogP contribution in [0.4, 0.5) is 5.82 Å². The number of hydrogen-bond acceptors (Lipinski definition) is 2. The zero-order valence-electron chi connectivity index (χ0n) is 7.90. The summed E-state index contributed by atoms with van der Waals surface area (Å²) in [6.07, 6.45) is 0. The number of H-pyrrole nitrogens is 1. The smallest absolute Gasteiger partial charge is 0.266 e. The topological polar surface area (TPSA) is 63.8 Å². The highest BCUT2D eigenvalue weighted by Crippen LogP contribution is 2.16. The first kappa shape index (κ1) is 9.86. The van der Waals surface area contributed by atoms with Crippen LogP contribution in [0.2, 0.25) is 5.02 Å². The van der Waals surface area contributed by atoms with Gasteiger partial charge in [0.1, 0.15) is 5.82 Å². The summed E-state index contributed by atoms with van der Waals surface area (Å²) in [5.74, 6) is 0.403. The molecule has 1 heterocycles. The lowest BCUT2D eigenvalue weighted by molar-refractivity contribution is 0.689. The maximum absolute atomic E-state index is 11.0. The molecule has 0 radical (unpaired) electrons. The molecule has 3 N–H and O–H groups in total. The molecule has 1 aromatic carbocycles. The van der Waals surface area contributed by atoms with Gasteiger partial charge in [-0.2, -0.15) is 0 Å². The molecule has 0 aliphatic carbocycles. The molecule has 0 spiro atoms. The van der Waals surface area contributed by atoms with Crippen molar-refractivity contribution in [1.82, 2.24) is 9.78 Å². The van der Waals surface area contributed by atoms with E-state index in [9.17, 15) is 4.79 Å². The summed E-state index contributed by atoms with van der Waals surface area (Å²) in [7, 11) is 0. The second kappa shape index (κ2) is 3.82. The van der Waals surface area contributed by atoms with Crippen molar-refractivity contribution in [2.75, 3.05) is 5.73 Å². The predicted molar refractivity (Wildman–Crippen MR) is 60.0 cm³/mol. The highest BCUT2D eigenvalue weighted by molar-refractivity contribution is 6.31. The van der Waals surface area contributed by atoms with E-state index in [0.29, 0.717) is 17.4 Å². The van der Waals surface area contributed by atoms with Gasteiger partial charge in [-0.25, -0.2) is 0 Å². The fourth-order valence-corrected chi connectivity index (χ4v) is 1.57. The van der Waals surface area contributed by atoms with Crippen LogP contribution in [0.5, 0.6) is 0 Å². The molecule has 1 aromatic heterocycles. The monoisotopic (exact) mass is 223 g/mol. The Hall–Kier alpha value is -1.68. The van der Waals surface area contributed by atoms with Gasteiger partial charge in [0.15, 0.2) is 0 Å². The highest BCUT2D eigenvalue weighted by Gasteiger charge is 2.03. The minimum atomic E-state index is -0.209. The van der Waals surface area contributed by atoms with E-state index in [0.717, 1.165) is 5.56 Å². The number of rotatable bonds is 2. The van der Waals surface area contributed by atoms with E-state index in [1.165, 1.54) is 6.07 Å². The van der Waals surface area contributed by atoms with Gasteiger partial charge in [-0.15, -0.1) is 0 Å². The van der Waals surface area contributed by atoms with Crippen molar-refractivity contribution in [2.45, 2.75) is 6.54 Å². The molecule has 0 aliphatic rings. The van der Waals surface area contributed by atoms with Crippen molar-refractivity contribution in [3.63, 3.8) is 0 Å². The number of benzene rings is 1. The SMILES string of the molecule is Nc1cc(=O)[nH]n1Cc1ccccc1Cl. The van der Waals surface area contributed by atoms with Crippen LogP contribution < -0.4 is 11.3 Å². The van der Waals surface area contributed by atoms with Gasteiger partial charge in [-0.05, 0) is 11.6 Å². The predicted octanol–water partition coefficient (Wildman–Crippen LogP) is 1.46. The van der Waals surface area contributed by atoms with Crippen LogP contribution in [0.1, 0.15) is 5.56 Å². The lowest BCUT2D eigenvalue weighted by Gasteiger charge is -2.06. The Morgan fingerprint density at radius 1 is 1.40 bits per heavy atom. The van der Waals surface area contributed by atoms with Crippen LogP contribution >= 0.6 is 11.6 Å². The molecule has 0 atom stereocenters. The van der Waals surface area contributed by atoms with E-state index in [1.54, 1.807) is 10.7 Å². The molecule has 0 bridgehead atoms. The minimum Gasteiger partial charge on any atom is -0.384 e. The minimum absolute atomic E-state index is 0.209. The van der Waals surface area contributed by atoms with E-state index >= 15 is 0 Å².